The minimum atomic E-state index is -0.143. The van der Waals surface area contributed by atoms with Crippen molar-refractivity contribution in [2.45, 2.75) is 40.2 Å². The molecule has 3 heteroatoms. The van der Waals surface area contributed by atoms with Gasteiger partial charge < -0.3 is 9.64 Å². The summed E-state index contributed by atoms with van der Waals surface area (Å²) in [5.41, 5.74) is 0. The standard InChI is InChI=1S/C11H21NO2/c1-5-14-11(13)12-7-6-9(4)10(12)8(2)3/h8-10H,5-7H2,1-4H3/t9-,10-/m0/s1. The molecule has 0 aromatic rings. The third-order valence-corrected chi connectivity index (χ3v) is 2.95. The van der Waals surface area contributed by atoms with Crippen LogP contribution in [0, 0.1) is 11.8 Å². The summed E-state index contributed by atoms with van der Waals surface area (Å²) in [5.74, 6) is 1.11. The summed E-state index contributed by atoms with van der Waals surface area (Å²) in [6.07, 6.45) is 0.956. The summed E-state index contributed by atoms with van der Waals surface area (Å²) >= 11 is 0. The Morgan fingerprint density at radius 1 is 1.57 bits per heavy atom. The van der Waals surface area contributed by atoms with Crippen molar-refractivity contribution in [1.82, 2.24) is 4.90 Å². The van der Waals surface area contributed by atoms with Crippen LogP contribution in [0.15, 0.2) is 0 Å². The highest BCUT2D eigenvalue weighted by molar-refractivity contribution is 5.68. The first-order valence-corrected chi connectivity index (χ1v) is 5.51. The smallest absolute Gasteiger partial charge is 0.410 e. The van der Waals surface area contributed by atoms with Gasteiger partial charge in [-0.3, -0.25) is 0 Å². The molecular formula is C11H21NO2. The lowest BCUT2D eigenvalue weighted by molar-refractivity contribution is 0.0895. The van der Waals surface area contributed by atoms with Gasteiger partial charge in [-0.2, -0.15) is 0 Å². The van der Waals surface area contributed by atoms with Gasteiger partial charge in [0, 0.05) is 12.6 Å². The van der Waals surface area contributed by atoms with Gasteiger partial charge in [0.25, 0.3) is 0 Å². The monoisotopic (exact) mass is 199 g/mol. The first-order valence-electron chi connectivity index (χ1n) is 5.51. The lowest BCUT2D eigenvalue weighted by Crippen LogP contribution is -2.41. The van der Waals surface area contributed by atoms with E-state index in [2.05, 4.69) is 20.8 Å². The molecule has 0 aromatic heterocycles. The van der Waals surface area contributed by atoms with E-state index in [1.54, 1.807) is 0 Å². The zero-order valence-electron chi connectivity index (χ0n) is 9.62. The number of hydrogen-bond acceptors (Lipinski definition) is 2. The fraction of sp³-hybridized carbons (Fsp3) is 0.909. The van der Waals surface area contributed by atoms with Gasteiger partial charge in [-0.15, -0.1) is 0 Å². The molecular weight excluding hydrogens is 178 g/mol. The van der Waals surface area contributed by atoms with Crippen LogP contribution in [0.5, 0.6) is 0 Å². The lowest BCUT2D eigenvalue weighted by atomic mass is 9.93. The maximum absolute atomic E-state index is 11.6. The zero-order valence-corrected chi connectivity index (χ0v) is 9.62. The zero-order chi connectivity index (χ0) is 10.7. The predicted octanol–water partition coefficient (Wildman–Crippen LogP) is 2.51. The molecule has 0 saturated carbocycles. The molecule has 1 heterocycles. The number of ether oxygens (including phenoxy) is 1. The highest BCUT2D eigenvalue weighted by atomic mass is 16.6. The maximum atomic E-state index is 11.6. The van der Waals surface area contributed by atoms with E-state index in [4.69, 9.17) is 4.74 Å². The van der Waals surface area contributed by atoms with Crippen molar-refractivity contribution in [3.63, 3.8) is 0 Å². The molecule has 2 atom stereocenters. The first kappa shape index (κ1) is 11.3. The van der Waals surface area contributed by atoms with Crippen molar-refractivity contribution in [2.24, 2.45) is 11.8 Å². The van der Waals surface area contributed by atoms with Gasteiger partial charge >= 0.3 is 6.09 Å². The molecule has 0 radical (unpaired) electrons. The Balaban J connectivity index is 2.64. The van der Waals surface area contributed by atoms with Crippen LogP contribution in [-0.4, -0.2) is 30.2 Å². The minimum Gasteiger partial charge on any atom is -0.450 e. The van der Waals surface area contributed by atoms with Gasteiger partial charge in [0.1, 0.15) is 0 Å². The van der Waals surface area contributed by atoms with Gasteiger partial charge in [-0.25, -0.2) is 4.79 Å². The van der Waals surface area contributed by atoms with Crippen molar-refractivity contribution in [3.8, 4) is 0 Å². The van der Waals surface area contributed by atoms with Crippen LogP contribution in [-0.2, 0) is 4.74 Å². The van der Waals surface area contributed by atoms with Gasteiger partial charge in [-0.1, -0.05) is 20.8 Å². The van der Waals surface area contributed by atoms with Crippen LogP contribution >= 0.6 is 0 Å². The molecule has 0 N–H and O–H groups in total. The molecule has 1 fully saturated rings. The van der Waals surface area contributed by atoms with E-state index in [-0.39, 0.29) is 6.09 Å². The van der Waals surface area contributed by atoms with E-state index >= 15 is 0 Å². The lowest BCUT2D eigenvalue weighted by Gasteiger charge is -2.29. The van der Waals surface area contributed by atoms with Crippen LogP contribution < -0.4 is 0 Å². The van der Waals surface area contributed by atoms with Crippen LogP contribution in [0.4, 0.5) is 4.79 Å². The Morgan fingerprint density at radius 2 is 2.21 bits per heavy atom. The minimum absolute atomic E-state index is 0.143. The second kappa shape index (κ2) is 4.67. The summed E-state index contributed by atoms with van der Waals surface area (Å²) in [7, 11) is 0. The van der Waals surface area contributed by atoms with E-state index in [9.17, 15) is 4.79 Å². The third-order valence-electron chi connectivity index (χ3n) is 2.95. The van der Waals surface area contributed by atoms with E-state index in [0.717, 1.165) is 13.0 Å². The number of carbonyl (C=O) groups excluding carboxylic acids is 1. The van der Waals surface area contributed by atoms with E-state index in [1.807, 2.05) is 11.8 Å². The molecule has 1 aliphatic rings. The molecule has 0 spiro atoms. The molecule has 1 saturated heterocycles. The molecule has 0 unspecified atom stereocenters. The third kappa shape index (κ3) is 2.20. The number of rotatable bonds is 2. The van der Waals surface area contributed by atoms with Crippen LogP contribution in [0.2, 0.25) is 0 Å². The quantitative estimate of drug-likeness (QED) is 0.684. The molecule has 0 aromatic carbocycles. The van der Waals surface area contributed by atoms with Crippen LogP contribution in [0.25, 0.3) is 0 Å². The van der Waals surface area contributed by atoms with Crippen LogP contribution in [0.3, 0.4) is 0 Å². The van der Waals surface area contributed by atoms with E-state index in [1.165, 1.54) is 0 Å². The van der Waals surface area contributed by atoms with Gasteiger partial charge in [-0.05, 0) is 25.2 Å². The van der Waals surface area contributed by atoms with Gasteiger partial charge in [0.15, 0.2) is 0 Å². The summed E-state index contributed by atoms with van der Waals surface area (Å²) in [4.78, 5) is 13.5. The normalized spacial score (nSPS) is 27.1. The van der Waals surface area contributed by atoms with E-state index in [0.29, 0.717) is 24.5 Å². The second-order valence-corrected chi connectivity index (χ2v) is 4.39. The number of hydrogen-bond donors (Lipinski definition) is 0. The summed E-state index contributed by atoms with van der Waals surface area (Å²) < 4.78 is 5.04. The number of nitrogens with zero attached hydrogens (tertiary/aromatic N) is 1. The van der Waals surface area contributed by atoms with Crippen molar-refractivity contribution >= 4 is 6.09 Å². The summed E-state index contributed by atoms with van der Waals surface area (Å²) in [5, 5.41) is 0. The Hall–Kier alpha value is -0.730. The van der Waals surface area contributed by atoms with Gasteiger partial charge in [0.2, 0.25) is 0 Å². The fourth-order valence-corrected chi connectivity index (χ4v) is 2.41. The Bertz CT molecular complexity index is 203. The van der Waals surface area contributed by atoms with Crippen LogP contribution in [0.1, 0.15) is 34.1 Å². The molecule has 14 heavy (non-hydrogen) atoms. The second-order valence-electron chi connectivity index (χ2n) is 4.39. The molecule has 82 valence electrons. The summed E-state index contributed by atoms with van der Waals surface area (Å²) in [6.45, 7) is 9.71. The van der Waals surface area contributed by atoms with Crippen molar-refractivity contribution in [3.05, 3.63) is 0 Å². The van der Waals surface area contributed by atoms with Crippen molar-refractivity contribution < 1.29 is 9.53 Å². The van der Waals surface area contributed by atoms with E-state index < -0.39 is 0 Å². The molecule has 1 rings (SSSR count). The molecule has 1 amide bonds. The number of carbonyl (C=O) groups is 1. The Morgan fingerprint density at radius 3 is 2.71 bits per heavy atom. The maximum Gasteiger partial charge on any atom is 0.410 e. The van der Waals surface area contributed by atoms with Crippen molar-refractivity contribution in [1.29, 1.82) is 0 Å². The SMILES string of the molecule is CCOC(=O)N1CC[C@H](C)[C@@H]1C(C)C. The van der Waals surface area contributed by atoms with Gasteiger partial charge in [0.05, 0.1) is 6.61 Å². The highest BCUT2D eigenvalue weighted by Crippen LogP contribution is 2.29. The average Bonchev–Trinajstić information content (AvgIpc) is 2.47. The molecule has 3 nitrogen and oxygen atoms in total. The highest BCUT2D eigenvalue weighted by Gasteiger charge is 2.36. The number of amides is 1. The molecule has 0 bridgehead atoms. The average molecular weight is 199 g/mol. The first-order chi connectivity index (χ1) is 6.57. The fourth-order valence-electron chi connectivity index (χ4n) is 2.41. The molecule has 0 aliphatic carbocycles. The Kier molecular flexibility index (Phi) is 3.78. The topological polar surface area (TPSA) is 29.5 Å². The summed E-state index contributed by atoms with van der Waals surface area (Å²) in [6, 6.07) is 0.356. The number of likely N-dealkylation sites (tertiary alicyclic amines) is 1. The Labute approximate surface area is 86.4 Å². The molecule has 1 aliphatic heterocycles. The largest absolute Gasteiger partial charge is 0.450 e. The van der Waals surface area contributed by atoms with Crippen molar-refractivity contribution in [2.75, 3.05) is 13.2 Å². The predicted molar refractivity (Wildman–Crippen MR) is 56.1 cm³/mol.